The average molecular weight is 689 g/mol. The van der Waals surface area contributed by atoms with Gasteiger partial charge in [0.2, 0.25) is 0 Å². The van der Waals surface area contributed by atoms with Crippen LogP contribution in [0.1, 0.15) is 31.9 Å². The lowest BCUT2D eigenvalue weighted by Gasteiger charge is -2.12. The second-order valence-electron chi connectivity index (χ2n) is 11.8. The summed E-state index contributed by atoms with van der Waals surface area (Å²) < 4.78 is 27.9. The summed E-state index contributed by atoms with van der Waals surface area (Å²) in [6.45, 7) is 8.09. The molecule has 0 aliphatic heterocycles. The molecular formula is C35H39ClF2N10O. The van der Waals surface area contributed by atoms with Gasteiger partial charge in [-0.1, -0.05) is 13.8 Å². The smallest absolute Gasteiger partial charge is 0.153 e. The number of aliphatic hydroxyl groups is 1. The molecule has 0 fully saturated rings. The summed E-state index contributed by atoms with van der Waals surface area (Å²) in [6, 6.07) is 16.8. The number of hydrogen-bond donors (Lipinski definition) is 5. The zero-order chi connectivity index (χ0) is 34.2. The van der Waals surface area contributed by atoms with Gasteiger partial charge in [0.1, 0.15) is 35.3 Å². The van der Waals surface area contributed by atoms with Crippen LogP contribution in [0.2, 0.25) is 0 Å². The van der Waals surface area contributed by atoms with E-state index >= 15 is 0 Å². The van der Waals surface area contributed by atoms with E-state index in [1.165, 1.54) is 36.9 Å². The monoisotopic (exact) mass is 688 g/mol. The molecule has 1 unspecified atom stereocenters. The third-order valence-electron chi connectivity index (χ3n) is 7.34. The Kier molecular flexibility index (Phi) is 12.7. The summed E-state index contributed by atoms with van der Waals surface area (Å²) in [6.07, 6.45) is 2.78. The maximum absolute atomic E-state index is 14.0. The van der Waals surface area contributed by atoms with Crippen molar-refractivity contribution in [3.05, 3.63) is 96.1 Å². The van der Waals surface area contributed by atoms with E-state index in [-0.39, 0.29) is 42.5 Å². The number of rotatable bonds is 10. The topological polar surface area (TPSA) is 174 Å². The lowest BCUT2D eigenvalue weighted by atomic mass is 10.1. The number of nitrogens with one attached hydrogen (secondary N) is 2. The highest BCUT2D eigenvalue weighted by Gasteiger charge is 2.10. The lowest BCUT2D eigenvalue weighted by molar-refractivity contribution is 0.251. The van der Waals surface area contributed by atoms with Crippen LogP contribution in [-0.4, -0.2) is 54.2 Å². The van der Waals surface area contributed by atoms with Gasteiger partial charge in [-0.25, -0.2) is 38.7 Å². The summed E-state index contributed by atoms with van der Waals surface area (Å²) in [5, 5.41) is 15.5. The summed E-state index contributed by atoms with van der Waals surface area (Å²) in [5.74, 6) is 0.519. The molecule has 256 valence electrons. The average Bonchev–Trinajstić information content (AvgIpc) is 3.07. The maximum atomic E-state index is 14.0. The number of benzene rings is 2. The van der Waals surface area contributed by atoms with Crippen LogP contribution in [0, 0.1) is 17.6 Å². The van der Waals surface area contributed by atoms with Crippen molar-refractivity contribution in [2.24, 2.45) is 5.92 Å². The zero-order valence-electron chi connectivity index (χ0n) is 27.4. The Balaban J connectivity index is 0.000000216. The van der Waals surface area contributed by atoms with Crippen LogP contribution in [0.4, 0.5) is 20.4 Å². The van der Waals surface area contributed by atoms with Gasteiger partial charge in [0.15, 0.2) is 11.6 Å². The zero-order valence-corrected chi connectivity index (χ0v) is 28.2. The number of nitrogens with two attached hydrogens (primary N) is 2. The Morgan fingerprint density at radius 2 is 1.18 bits per heavy atom. The normalized spacial score (nSPS) is 11.7. The van der Waals surface area contributed by atoms with Crippen LogP contribution in [0.15, 0.2) is 73.3 Å². The number of hydrogen-bond acceptors (Lipinski definition) is 11. The SMILES string of the molecule is CC(C)CNCc1cc(F)cc(-c2ccc3ncnc(N)c3n2)c1.CC(CO)NCc1cc(F)cc(-c2ccc3ncnc(N)c3n2)c1.Cl. The largest absolute Gasteiger partial charge is 0.395 e. The standard InChI is InChI=1S/C18H20FN5.C17H18FN5O.ClH/c1-11(2)8-21-9-12-5-13(7-14(19)6-12)15-3-4-16-17(24-15)18(20)23-10-22-16;1-10(8-24)20-7-11-4-12(6-13(18)5-11)14-2-3-15-16(23-14)17(19)22-9-21-15;/h3-7,10-11,21H,8-9H2,1-2H3,(H2,20,22,23);2-6,9-10,20,24H,7-8H2,1H3,(H2,19,21,22);1H. The molecule has 11 nitrogen and oxygen atoms in total. The molecule has 1 atom stereocenters. The number of aromatic nitrogens is 6. The quantitative estimate of drug-likeness (QED) is 0.124. The first-order valence-electron chi connectivity index (χ1n) is 15.5. The third kappa shape index (κ3) is 9.80. The van der Waals surface area contributed by atoms with Crippen molar-refractivity contribution in [2.75, 3.05) is 24.6 Å². The predicted molar refractivity (Wildman–Crippen MR) is 191 cm³/mol. The van der Waals surface area contributed by atoms with Crippen molar-refractivity contribution in [1.29, 1.82) is 0 Å². The first kappa shape index (κ1) is 36.9. The van der Waals surface area contributed by atoms with Crippen LogP contribution < -0.4 is 22.1 Å². The van der Waals surface area contributed by atoms with Crippen molar-refractivity contribution in [3.63, 3.8) is 0 Å². The van der Waals surface area contributed by atoms with Gasteiger partial charge in [0.05, 0.1) is 29.0 Å². The summed E-state index contributed by atoms with van der Waals surface area (Å²) in [4.78, 5) is 25.1. The van der Waals surface area contributed by atoms with E-state index in [9.17, 15) is 8.78 Å². The molecule has 2 aromatic carbocycles. The third-order valence-corrected chi connectivity index (χ3v) is 7.34. The van der Waals surface area contributed by atoms with E-state index in [4.69, 9.17) is 16.6 Å². The number of pyridine rings is 2. The minimum atomic E-state index is -0.347. The van der Waals surface area contributed by atoms with E-state index in [1.54, 1.807) is 12.1 Å². The maximum Gasteiger partial charge on any atom is 0.153 e. The van der Waals surface area contributed by atoms with Gasteiger partial charge >= 0.3 is 0 Å². The van der Waals surface area contributed by atoms with E-state index < -0.39 is 0 Å². The Bertz CT molecular complexity index is 2030. The molecule has 0 saturated carbocycles. The minimum Gasteiger partial charge on any atom is -0.395 e. The van der Waals surface area contributed by atoms with Gasteiger partial charge in [-0.15, -0.1) is 12.4 Å². The first-order valence-corrected chi connectivity index (χ1v) is 15.5. The van der Waals surface area contributed by atoms with Crippen molar-refractivity contribution in [2.45, 2.75) is 39.9 Å². The second kappa shape index (κ2) is 16.9. The van der Waals surface area contributed by atoms with Gasteiger partial charge in [-0.3, -0.25) is 0 Å². The number of nitrogens with zero attached hydrogens (tertiary/aromatic N) is 6. The fraction of sp³-hybridized carbons (Fsp3) is 0.257. The number of aliphatic hydroxyl groups excluding tert-OH is 1. The molecule has 0 aliphatic carbocycles. The van der Waals surface area contributed by atoms with E-state index in [1.807, 2.05) is 31.2 Å². The Morgan fingerprint density at radius 3 is 1.65 bits per heavy atom. The fourth-order valence-electron chi connectivity index (χ4n) is 4.90. The Morgan fingerprint density at radius 1 is 0.694 bits per heavy atom. The number of halogens is 3. The van der Waals surface area contributed by atoms with Crippen molar-refractivity contribution < 1.29 is 13.9 Å². The molecule has 0 saturated heterocycles. The van der Waals surface area contributed by atoms with Crippen molar-refractivity contribution in [1.82, 2.24) is 40.5 Å². The van der Waals surface area contributed by atoms with Gasteiger partial charge in [-0.05, 0) is 91.2 Å². The van der Waals surface area contributed by atoms with Crippen LogP contribution in [0.5, 0.6) is 0 Å². The highest BCUT2D eigenvalue weighted by atomic mass is 35.5. The molecule has 0 bridgehead atoms. The second-order valence-corrected chi connectivity index (χ2v) is 11.8. The van der Waals surface area contributed by atoms with E-state index in [2.05, 4.69) is 54.4 Å². The molecule has 0 aliphatic rings. The van der Waals surface area contributed by atoms with Gasteiger partial charge in [0.25, 0.3) is 0 Å². The Labute approximate surface area is 289 Å². The molecule has 0 spiro atoms. The number of anilines is 2. The van der Waals surface area contributed by atoms with Gasteiger partial charge < -0.3 is 27.2 Å². The predicted octanol–water partition coefficient (Wildman–Crippen LogP) is 5.46. The molecule has 4 heterocycles. The fourth-order valence-corrected chi connectivity index (χ4v) is 4.90. The Hall–Kier alpha value is -4.95. The minimum absolute atomic E-state index is 0. The molecule has 4 aromatic heterocycles. The van der Waals surface area contributed by atoms with E-state index in [0.29, 0.717) is 69.4 Å². The molecule has 14 heteroatoms. The summed E-state index contributed by atoms with van der Waals surface area (Å²) in [5.41, 5.74) is 18.3. The van der Waals surface area contributed by atoms with Gasteiger partial charge in [0, 0.05) is 30.3 Å². The highest BCUT2D eigenvalue weighted by Crippen LogP contribution is 2.25. The number of fused-ring (bicyclic) bond motifs is 2. The molecule has 0 radical (unpaired) electrons. The molecular weight excluding hydrogens is 650 g/mol. The van der Waals surface area contributed by atoms with E-state index in [0.717, 1.165) is 17.7 Å². The summed E-state index contributed by atoms with van der Waals surface area (Å²) in [7, 11) is 0. The number of nitrogen functional groups attached to an aromatic ring is 2. The van der Waals surface area contributed by atoms with Crippen LogP contribution in [0.3, 0.4) is 0 Å². The van der Waals surface area contributed by atoms with Crippen LogP contribution >= 0.6 is 12.4 Å². The molecule has 6 rings (SSSR count). The van der Waals surface area contributed by atoms with Gasteiger partial charge in [-0.2, -0.15) is 0 Å². The summed E-state index contributed by atoms with van der Waals surface area (Å²) >= 11 is 0. The lowest BCUT2D eigenvalue weighted by Crippen LogP contribution is -2.28. The molecule has 7 N–H and O–H groups in total. The first-order chi connectivity index (χ1) is 23.1. The van der Waals surface area contributed by atoms with Crippen LogP contribution in [-0.2, 0) is 13.1 Å². The molecule has 6 aromatic rings. The molecule has 0 amide bonds. The van der Waals surface area contributed by atoms with Crippen molar-refractivity contribution in [3.8, 4) is 22.5 Å². The molecule has 49 heavy (non-hydrogen) atoms. The van der Waals surface area contributed by atoms with Crippen LogP contribution in [0.25, 0.3) is 44.6 Å². The van der Waals surface area contributed by atoms with Crippen molar-refractivity contribution >= 4 is 46.1 Å². The highest BCUT2D eigenvalue weighted by molar-refractivity contribution is 5.86.